The number of nitrogens with one attached hydrogen (secondary N) is 2. The molecular formula is C36H38N4O4. The molecule has 44 heavy (non-hydrogen) atoms. The summed E-state index contributed by atoms with van der Waals surface area (Å²) in [5.74, 6) is 0. The minimum atomic E-state index is -1.08. The molecule has 0 atom stereocenters. The lowest BCUT2D eigenvalue weighted by atomic mass is 9.99. The number of nitrogens with zero attached hydrogens (tertiary/aromatic N) is 2. The zero-order valence-corrected chi connectivity index (χ0v) is 25.2. The Bertz CT molecular complexity index is 1730. The van der Waals surface area contributed by atoms with Gasteiger partial charge < -0.3 is 10.1 Å². The number of hydrogen-bond donors (Lipinski definition) is 3. The van der Waals surface area contributed by atoms with E-state index >= 15 is 0 Å². The second kappa shape index (κ2) is 14.0. The molecule has 0 radical (unpaired) electrons. The van der Waals surface area contributed by atoms with Crippen LogP contribution in [0.15, 0.2) is 91.0 Å². The normalized spacial score (nSPS) is 11.2. The first-order chi connectivity index (χ1) is 21.2. The summed E-state index contributed by atoms with van der Waals surface area (Å²) in [4.78, 5) is 28.1. The number of aromatic amines is 1. The molecule has 1 heterocycles. The van der Waals surface area contributed by atoms with Crippen LogP contribution in [0.2, 0.25) is 0 Å². The van der Waals surface area contributed by atoms with Crippen molar-refractivity contribution in [3.05, 3.63) is 129 Å². The number of benzene rings is 4. The summed E-state index contributed by atoms with van der Waals surface area (Å²) < 4.78 is 0. The third kappa shape index (κ3) is 7.90. The van der Waals surface area contributed by atoms with Crippen molar-refractivity contribution < 1.29 is 14.8 Å². The van der Waals surface area contributed by atoms with Crippen molar-refractivity contribution >= 4 is 28.4 Å². The molecule has 1 amide bonds. The lowest BCUT2D eigenvalue weighted by Gasteiger charge is -2.23. The minimum absolute atomic E-state index is 0.117. The molecule has 0 saturated carbocycles. The number of rotatable bonds is 13. The molecule has 226 valence electrons. The smallest absolute Gasteiger partial charge is 0.409 e. The third-order valence-electron chi connectivity index (χ3n) is 7.93. The Labute approximate surface area is 257 Å². The molecule has 8 heteroatoms. The standard InChI is InChI=1S/C36H38N4O4/c1-25-20-26(2)22-29(21-25)35-32(33-23-30(37-36(41)42)13-16-34(33)38-35)17-19-39(24-28-9-4-3-5-10-28)18-7-6-8-27-11-14-31(15-12-27)40(43)44/h3-5,9-16,20-23,37-38H,6-8,17-19,24H2,1-2H3,(H,41,42). The molecule has 8 nitrogen and oxygen atoms in total. The number of fused-ring (bicyclic) bond motifs is 1. The van der Waals surface area contributed by atoms with Gasteiger partial charge in [-0.3, -0.25) is 20.3 Å². The van der Waals surface area contributed by atoms with Gasteiger partial charge in [0.05, 0.1) is 4.92 Å². The number of H-pyrrole nitrogens is 1. The highest BCUT2D eigenvalue weighted by atomic mass is 16.6. The van der Waals surface area contributed by atoms with Crippen molar-refractivity contribution in [1.82, 2.24) is 9.88 Å². The van der Waals surface area contributed by atoms with Gasteiger partial charge in [0.25, 0.3) is 5.69 Å². The Morgan fingerprint density at radius 2 is 1.59 bits per heavy atom. The molecule has 0 fully saturated rings. The van der Waals surface area contributed by atoms with Crippen LogP contribution >= 0.6 is 0 Å². The maximum absolute atomic E-state index is 11.4. The molecule has 3 N–H and O–H groups in total. The van der Waals surface area contributed by atoms with E-state index < -0.39 is 6.09 Å². The largest absolute Gasteiger partial charge is 0.465 e. The predicted molar refractivity (Wildman–Crippen MR) is 176 cm³/mol. The first-order valence-electron chi connectivity index (χ1n) is 15.0. The zero-order chi connectivity index (χ0) is 31.1. The maximum Gasteiger partial charge on any atom is 0.409 e. The van der Waals surface area contributed by atoms with Crippen LogP contribution in [0.3, 0.4) is 0 Å². The number of carbonyl (C=O) groups is 1. The average molecular weight is 591 g/mol. The number of anilines is 1. The first-order valence-corrected chi connectivity index (χ1v) is 15.0. The summed E-state index contributed by atoms with van der Waals surface area (Å²) in [5, 5.41) is 23.8. The van der Waals surface area contributed by atoms with Crippen molar-refractivity contribution in [2.45, 2.75) is 46.1 Å². The van der Waals surface area contributed by atoms with Gasteiger partial charge in [-0.25, -0.2) is 4.79 Å². The van der Waals surface area contributed by atoms with E-state index in [0.717, 1.165) is 73.0 Å². The van der Waals surface area contributed by atoms with E-state index in [1.807, 2.05) is 30.3 Å². The second-order valence-electron chi connectivity index (χ2n) is 11.4. The quantitative estimate of drug-likeness (QED) is 0.0723. The van der Waals surface area contributed by atoms with Gasteiger partial charge >= 0.3 is 6.09 Å². The fourth-order valence-corrected chi connectivity index (χ4v) is 5.90. The van der Waals surface area contributed by atoms with Crippen LogP contribution in [-0.4, -0.2) is 39.1 Å². The number of nitro groups is 1. The van der Waals surface area contributed by atoms with E-state index in [2.05, 4.69) is 71.5 Å². The van der Waals surface area contributed by atoms with E-state index in [1.54, 1.807) is 18.2 Å². The molecule has 0 bridgehead atoms. The monoisotopic (exact) mass is 590 g/mol. The molecule has 0 aliphatic carbocycles. The Hall–Kier alpha value is -4.95. The molecule has 1 aromatic heterocycles. The number of unbranched alkanes of at least 4 members (excludes halogenated alkanes) is 1. The summed E-state index contributed by atoms with van der Waals surface area (Å²) in [5.41, 5.74) is 9.74. The van der Waals surface area contributed by atoms with Gasteiger partial charge in [0.15, 0.2) is 0 Å². The topological polar surface area (TPSA) is 112 Å². The van der Waals surface area contributed by atoms with Gasteiger partial charge in [-0.15, -0.1) is 0 Å². The van der Waals surface area contributed by atoms with Crippen LogP contribution in [0.4, 0.5) is 16.2 Å². The van der Waals surface area contributed by atoms with Gasteiger partial charge in [0.1, 0.15) is 0 Å². The summed E-state index contributed by atoms with van der Waals surface area (Å²) in [7, 11) is 0. The number of carboxylic acid groups (broad SMARTS) is 1. The van der Waals surface area contributed by atoms with Crippen molar-refractivity contribution in [3.63, 3.8) is 0 Å². The first kappa shape index (κ1) is 30.5. The van der Waals surface area contributed by atoms with Crippen molar-refractivity contribution in [2.75, 3.05) is 18.4 Å². The minimum Gasteiger partial charge on any atom is -0.465 e. The van der Waals surface area contributed by atoms with Crippen LogP contribution in [-0.2, 0) is 19.4 Å². The van der Waals surface area contributed by atoms with Gasteiger partial charge in [-0.05, 0) is 98.7 Å². The van der Waals surface area contributed by atoms with Crippen LogP contribution in [0.1, 0.15) is 40.7 Å². The average Bonchev–Trinajstić information content (AvgIpc) is 3.35. The highest BCUT2D eigenvalue weighted by Gasteiger charge is 2.17. The maximum atomic E-state index is 11.4. The number of aromatic nitrogens is 1. The molecule has 0 aliphatic heterocycles. The predicted octanol–water partition coefficient (Wildman–Crippen LogP) is 8.52. The fraction of sp³-hybridized carbons (Fsp3) is 0.250. The summed E-state index contributed by atoms with van der Waals surface area (Å²) in [6.07, 6.45) is 2.55. The number of amides is 1. The van der Waals surface area contributed by atoms with Gasteiger partial charge in [-0.1, -0.05) is 59.7 Å². The summed E-state index contributed by atoms with van der Waals surface area (Å²) in [6.45, 7) is 6.77. The SMILES string of the molecule is Cc1cc(C)cc(-c2[nH]c3ccc(NC(=O)O)cc3c2CCN(CCCCc2ccc([N+](=O)[O-])cc2)Cc2ccccc2)c1. The summed E-state index contributed by atoms with van der Waals surface area (Å²) in [6, 6.07) is 29.5. The summed E-state index contributed by atoms with van der Waals surface area (Å²) >= 11 is 0. The Morgan fingerprint density at radius 1 is 0.864 bits per heavy atom. The highest BCUT2D eigenvalue weighted by molar-refractivity contribution is 5.95. The zero-order valence-electron chi connectivity index (χ0n) is 25.2. The van der Waals surface area contributed by atoms with Gasteiger partial charge in [0, 0.05) is 47.5 Å². The van der Waals surface area contributed by atoms with Crippen LogP contribution < -0.4 is 5.32 Å². The number of nitro benzene ring substituents is 1. The third-order valence-corrected chi connectivity index (χ3v) is 7.93. The molecule has 0 saturated heterocycles. The van der Waals surface area contributed by atoms with E-state index in [4.69, 9.17) is 0 Å². The van der Waals surface area contributed by atoms with Gasteiger partial charge in [0.2, 0.25) is 0 Å². The van der Waals surface area contributed by atoms with E-state index in [-0.39, 0.29) is 10.6 Å². The van der Waals surface area contributed by atoms with Crippen LogP contribution in [0.25, 0.3) is 22.2 Å². The van der Waals surface area contributed by atoms with Gasteiger partial charge in [-0.2, -0.15) is 0 Å². The van der Waals surface area contributed by atoms with E-state index in [0.29, 0.717) is 5.69 Å². The van der Waals surface area contributed by atoms with E-state index in [9.17, 15) is 20.0 Å². The molecule has 5 rings (SSSR count). The second-order valence-corrected chi connectivity index (χ2v) is 11.4. The Kier molecular flexibility index (Phi) is 9.72. The lowest BCUT2D eigenvalue weighted by Crippen LogP contribution is -2.27. The van der Waals surface area contributed by atoms with Crippen LogP contribution in [0.5, 0.6) is 0 Å². The highest BCUT2D eigenvalue weighted by Crippen LogP contribution is 2.34. The lowest BCUT2D eigenvalue weighted by molar-refractivity contribution is -0.384. The molecule has 5 aromatic rings. The number of non-ortho nitro benzene ring substituents is 1. The van der Waals surface area contributed by atoms with Crippen molar-refractivity contribution in [3.8, 4) is 11.3 Å². The molecule has 0 unspecified atom stereocenters. The van der Waals surface area contributed by atoms with Crippen LogP contribution in [0, 0.1) is 24.0 Å². The Morgan fingerprint density at radius 3 is 2.27 bits per heavy atom. The fourth-order valence-electron chi connectivity index (χ4n) is 5.90. The number of aryl methyl sites for hydroxylation is 3. The number of hydrogen-bond acceptors (Lipinski definition) is 4. The molecular weight excluding hydrogens is 552 g/mol. The molecule has 0 spiro atoms. The molecule has 0 aliphatic rings. The van der Waals surface area contributed by atoms with E-state index in [1.165, 1.54) is 22.3 Å². The van der Waals surface area contributed by atoms with Crippen molar-refractivity contribution in [2.24, 2.45) is 0 Å². The molecule has 4 aromatic carbocycles. The Balaban J connectivity index is 1.37. The van der Waals surface area contributed by atoms with Crippen molar-refractivity contribution in [1.29, 1.82) is 0 Å².